The van der Waals surface area contributed by atoms with E-state index in [1.807, 2.05) is 0 Å². The molecule has 0 aromatic heterocycles. The van der Waals surface area contributed by atoms with Crippen LogP contribution in [0.25, 0.3) is 0 Å². The smallest absolute Gasteiger partial charge is 0.0745 e. The van der Waals surface area contributed by atoms with Gasteiger partial charge in [-0.25, -0.2) is 0 Å². The van der Waals surface area contributed by atoms with Crippen molar-refractivity contribution in [3.8, 4) is 0 Å². The minimum atomic E-state index is 0.417. The molecule has 2 aliphatic rings. The third-order valence-electron chi connectivity index (χ3n) is 5.51. The SMILES string of the molecule is Cc1ccc(CN2CCOC3CC(N(C)C)CCC32)c(C)c1. The zero-order valence-corrected chi connectivity index (χ0v) is 14.5. The van der Waals surface area contributed by atoms with Gasteiger partial charge in [-0.2, -0.15) is 0 Å². The van der Waals surface area contributed by atoms with Gasteiger partial charge in [-0.15, -0.1) is 0 Å². The zero-order chi connectivity index (χ0) is 15.7. The van der Waals surface area contributed by atoms with Gasteiger partial charge in [0.1, 0.15) is 0 Å². The van der Waals surface area contributed by atoms with Gasteiger partial charge >= 0.3 is 0 Å². The predicted molar refractivity (Wildman–Crippen MR) is 91.2 cm³/mol. The van der Waals surface area contributed by atoms with Crippen LogP contribution < -0.4 is 0 Å². The van der Waals surface area contributed by atoms with Crippen molar-refractivity contribution in [3.63, 3.8) is 0 Å². The van der Waals surface area contributed by atoms with Gasteiger partial charge in [-0.1, -0.05) is 23.8 Å². The summed E-state index contributed by atoms with van der Waals surface area (Å²) in [5.41, 5.74) is 4.25. The first kappa shape index (κ1) is 16.0. The molecule has 22 heavy (non-hydrogen) atoms. The van der Waals surface area contributed by atoms with Gasteiger partial charge in [0.25, 0.3) is 0 Å². The highest BCUT2D eigenvalue weighted by atomic mass is 16.5. The number of benzene rings is 1. The lowest BCUT2D eigenvalue weighted by Gasteiger charge is -2.47. The molecule has 3 heteroatoms. The molecule has 3 unspecified atom stereocenters. The molecular weight excluding hydrogens is 272 g/mol. The number of aryl methyl sites for hydroxylation is 2. The lowest BCUT2D eigenvalue weighted by Crippen LogP contribution is -2.55. The highest BCUT2D eigenvalue weighted by Gasteiger charge is 2.38. The van der Waals surface area contributed by atoms with E-state index < -0.39 is 0 Å². The lowest BCUT2D eigenvalue weighted by molar-refractivity contribution is -0.103. The van der Waals surface area contributed by atoms with Crippen molar-refractivity contribution >= 4 is 0 Å². The predicted octanol–water partition coefficient (Wildman–Crippen LogP) is 2.99. The van der Waals surface area contributed by atoms with E-state index in [0.717, 1.165) is 19.7 Å². The molecule has 1 aliphatic heterocycles. The van der Waals surface area contributed by atoms with Gasteiger partial charge < -0.3 is 9.64 Å². The van der Waals surface area contributed by atoms with Crippen LogP contribution in [0.4, 0.5) is 0 Å². The Balaban J connectivity index is 1.69. The van der Waals surface area contributed by atoms with Gasteiger partial charge in [0.15, 0.2) is 0 Å². The topological polar surface area (TPSA) is 15.7 Å². The second kappa shape index (κ2) is 6.69. The van der Waals surface area contributed by atoms with Crippen molar-refractivity contribution < 1.29 is 4.74 Å². The molecule has 3 rings (SSSR count). The Bertz CT molecular complexity index is 514. The Kier molecular flexibility index (Phi) is 4.86. The summed E-state index contributed by atoms with van der Waals surface area (Å²) in [6.45, 7) is 7.43. The van der Waals surface area contributed by atoms with Crippen molar-refractivity contribution in [1.82, 2.24) is 9.80 Å². The van der Waals surface area contributed by atoms with E-state index in [-0.39, 0.29) is 0 Å². The van der Waals surface area contributed by atoms with E-state index in [9.17, 15) is 0 Å². The molecule has 1 heterocycles. The van der Waals surface area contributed by atoms with Crippen molar-refractivity contribution in [2.24, 2.45) is 0 Å². The van der Waals surface area contributed by atoms with E-state index in [1.54, 1.807) is 0 Å². The Morgan fingerprint density at radius 1 is 1.23 bits per heavy atom. The third kappa shape index (κ3) is 3.37. The molecule has 3 nitrogen and oxygen atoms in total. The molecule has 0 N–H and O–H groups in total. The number of ether oxygens (including phenoxy) is 1. The number of rotatable bonds is 3. The fourth-order valence-electron chi connectivity index (χ4n) is 4.08. The molecule has 1 aromatic carbocycles. The first-order valence-electron chi connectivity index (χ1n) is 8.63. The quantitative estimate of drug-likeness (QED) is 0.854. The summed E-state index contributed by atoms with van der Waals surface area (Å²) in [5.74, 6) is 0. The Morgan fingerprint density at radius 2 is 2.05 bits per heavy atom. The van der Waals surface area contributed by atoms with Crippen LogP contribution in [-0.4, -0.2) is 55.2 Å². The Hall–Kier alpha value is -0.900. The summed E-state index contributed by atoms with van der Waals surface area (Å²) >= 11 is 0. The number of morpholine rings is 1. The standard InChI is InChI=1S/C19H30N2O/c1-14-5-6-16(15(2)11-14)13-21-9-10-22-19-12-17(20(3)4)7-8-18(19)21/h5-6,11,17-19H,7-10,12-13H2,1-4H3. The average Bonchev–Trinajstić information content (AvgIpc) is 2.49. The summed E-state index contributed by atoms with van der Waals surface area (Å²) < 4.78 is 6.11. The molecule has 1 saturated carbocycles. The van der Waals surface area contributed by atoms with Crippen LogP contribution >= 0.6 is 0 Å². The highest BCUT2D eigenvalue weighted by Crippen LogP contribution is 2.31. The van der Waals surface area contributed by atoms with Gasteiger partial charge in [0, 0.05) is 25.2 Å². The summed E-state index contributed by atoms with van der Waals surface area (Å²) in [6, 6.07) is 8.13. The van der Waals surface area contributed by atoms with E-state index in [1.165, 1.54) is 36.0 Å². The maximum Gasteiger partial charge on any atom is 0.0745 e. The second-order valence-corrected chi connectivity index (χ2v) is 7.31. The Labute approximate surface area is 135 Å². The fraction of sp³-hybridized carbons (Fsp3) is 0.684. The summed E-state index contributed by atoms with van der Waals surface area (Å²) in [7, 11) is 4.39. The van der Waals surface area contributed by atoms with Crippen LogP contribution in [0.15, 0.2) is 18.2 Å². The van der Waals surface area contributed by atoms with Crippen molar-refractivity contribution in [2.45, 2.75) is 57.8 Å². The van der Waals surface area contributed by atoms with Crippen LogP contribution in [0.1, 0.15) is 36.0 Å². The molecule has 122 valence electrons. The lowest BCUT2D eigenvalue weighted by atomic mass is 9.85. The fourth-order valence-corrected chi connectivity index (χ4v) is 4.08. The molecule has 0 amide bonds. The third-order valence-corrected chi connectivity index (χ3v) is 5.51. The van der Waals surface area contributed by atoms with Crippen LogP contribution in [0.2, 0.25) is 0 Å². The summed E-state index contributed by atoms with van der Waals surface area (Å²) in [4.78, 5) is 5.03. The van der Waals surface area contributed by atoms with E-state index in [4.69, 9.17) is 4.74 Å². The maximum absolute atomic E-state index is 6.11. The number of hydrogen-bond donors (Lipinski definition) is 0. The average molecular weight is 302 g/mol. The molecule has 0 radical (unpaired) electrons. The second-order valence-electron chi connectivity index (χ2n) is 7.31. The molecule has 3 atom stereocenters. The molecule has 1 aromatic rings. The van der Waals surface area contributed by atoms with Crippen molar-refractivity contribution in [2.75, 3.05) is 27.2 Å². The van der Waals surface area contributed by atoms with Crippen molar-refractivity contribution in [1.29, 1.82) is 0 Å². The zero-order valence-electron chi connectivity index (χ0n) is 14.5. The number of fused-ring (bicyclic) bond motifs is 1. The molecule has 1 saturated heterocycles. The maximum atomic E-state index is 6.11. The first-order chi connectivity index (χ1) is 10.5. The summed E-state index contributed by atoms with van der Waals surface area (Å²) in [6.07, 6.45) is 4.15. The normalized spacial score (nSPS) is 29.6. The van der Waals surface area contributed by atoms with E-state index in [2.05, 4.69) is 55.9 Å². The molecule has 0 bridgehead atoms. The van der Waals surface area contributed by atoms with E-state index >= 15 is 0 Å². The molecule has 2 fully saturated rings. The van der Waals surface area contributed by atoms with Crippen molar-refractivity contribution in [3.05, 3.63) is 34.9 Å². The molecule has 1 aliphatic carbocycles. The van der Waals surface area contributed by atoms with Crippen LogP contribution in [0.3, 0.4) is 0 Å². The molecule has 0 spiro atoms. The highest BCUT2D eigenvalue weighted by molar-refractivity contribution is 5.30. The van der Waals surface area contributed by atoms with Gasteiger partial charge in [0.05, 0.1) is 12.7 Å². The van der Waals surface area contributed by atoms with Gasteiger partial charge in [0.2, 0.25) is 0 Å². The van der Waals surface area contributed by atoms with Crippen LogP contribution in [0, 0.1) is 13.8 Å². The molecular formula is C19H30N2O. The monoisotopic (exact) mass is 302 g/mol. The van der Waals surface area contributed by atoms with Gasteiger partial charge in [-0.3, -0.25) is 4.90 Å². The largest absolute Gasteiger partial charge is 0.375 e. The number of hydrogen-bond acceptors (Lipinski definition) is 3. The number of nitrogens with zero attached hydrogens (tertiary/aromatic N) is 2. The summed E-state index contributed by atoms with van der Waals surface area (Å²) in [5, 5.41) is 0. The van der Waals surface area contributed by atoms with Crippen LogP contribution in [-0.2, 0) is 11.3 Å². The Morgan fingerprint density at radius 3 is 2.77 bits per heavy atom. The first-order valence-corrected chi connectivity index (χ1v) is 8.63. The van der Waals surface area contributed by atoms with E-state index in [0.29, 0.717) is 18.2 Å². The van der Waals surface area contributed by atoms with Crippen LogP contribution in [0.5, 0.6) is 0 Å². The minimum absolute atomic E-state index is 0.417. The van der Waals surface area contributed by atoms with Gasteiger partial charge in [-0.05, 0) is 58.3 Å². The minimum Gasteiger partial charge on any atom is -0.375 e.